The molecule has 0 aliphatic carbocycles. The lowest BCUT2D eigenvalue weighted by atomic mass is 10.1. The number of piperidine rings is 1. The van der Waals surface area contributed by atoms with E-state index in [0.29, 0.717) is 5.15 Å². The van der Waals surface area contributed by atoms with Crippen molar-refractivity contribution in [1.82, 2.24) is 20.4 Å². The summed E-state index contributed by atoms with van der Waals surface area (Å²) in [6.45, 7) is 3.83. The Hall–Kier alpha value is -1.57. The SMILES string of the molecule is CCCc1cc(N2CCC(O)CC2)nc2sc3c(Cl)nnnc3c12. The van der Waals surface area contributed by atoms with Crippen molar-refractivity contribution in [3.05, 3.63) is 16.8 Å². The van der Waals surface area contributed by atoms with Crippen LogP contribution in [0.4, 0.5) is 5.82 Å². The second-order valence-corrected chi connectivity index (χ2v) is 7.51. The standard InChI is InChI=1S/C16H18ClN5OS/c1-2-3-9-8-11(22-6-4-10(23)5-7-22)18-16-12(9)13-14(24-16)15(17)20-21-19-13/h8,10,23H,2-7H2,1H3. The minimum absolute atomic E-state index is 0.190. The van der Waals surface area contributed by atoms with Crippen LogP contribution in [0.2, 0.25) is 5.15 Å². The van der Waals surface area contributed by atoms with Crippen molar-refractivity contribution < 1.29 is 5.11 Å². The lowest BCUT2D eigenvalue weighted by Gasteiger charge is -2.30. The molecule has 4 rings (SSSR count). The molecule has 0 atom stereocenters. The summed E-state index contributed by atoms with van der Waals surface area (Å²) in [5.41, 5.74) is 2.03. The molecular weight excluding hydrogens is 346 g/mol. The predicted octanol–water partition coefficient (Wildman–Crippen LogP) is 3.20. The molecule has 6 nitrogen and oxygen atoms in total. The third-order valence-electron chi connectivity index (χ3n) is 4.48. The molecule has 1 aliphatic heterocycles. The van der Waals surface area contributed by atoms with Gasteiger partial charge in [0.1, 0.15) is 16.2 Å². The summed E-state index contributed by atoms with van der Waals surface area (Å²) in [6, 6.07) is 2.16. The lowest BCUT2D eigenvalue weighted by Crippen LogP contribution is -2.36. The van der Waals surface area contributed by atoms with Gasteiger partial charge in [0, 0.05) is 18.5 Å². The molecule has 0 spiro atoms. The number of thiophene rings is 1. The number of halogens is 1. The molecular formula is C16H18ClN5OS. The van der Waals surface area contributed by atoms with Crippen LogP contribution in [0.15, 0.2) is 6.07 Å². The van der Waals surface area contributed by atoms with E-state index in [9.17, 15) is 5.11 Å². The maximum Gasteiger partial charge on any atom is 0.172 e. The maximum absolute atomic E-state index is 9.73. The average Bonchev–Trinajstić information content (AvgIpc) is 2.96. The third-order valence-corrected chi connectivity index (χ3v) is 5.93. The van der Waals surface area contributed by atoms with Gasteiger partial charge in [-0.25, -0.2) is 4.98 Å². The van der Waals surface area contributed by atoms with Gasteiger partial charge < -0.3 is 10.0 Å². The zero-order chi connectivity index (χ0) is 16.7. The van der Waals surface area contributed by atoms with Gasteiger partial charge >= 0.3 is 0 Å². The van der Waals surface area contributed by atoms with Gasteiger partial charge in [-0.3, -0.25) is 0 Å². The molecule has 126 valence electrons. The number of rotatable bonds is 3. The lowest BCUT2D eigenvalue weighted by molar-refractivity contribution is 0.145. The molecule has 0 saturated carbocycles. The van der Waals surface area contributed by atoms with E-state index in [1.54, 1.807) is 0 Å². The largest absolute Gasteiger partial charge is 0.393 e. The molecule has 0 unspecified atom stereocenters. The van der Waals surface area contributed by atoms with E-state index in [4.69, 9.17) is 16.6 Å². The molecule has 3 aromatic rings. The summed E-state index contributed by atoms with van der Waals surface area (Å²) < 4.78 is 0.845. The number of pyridine rings is 1. The molecule has 3 aromatic heterocycles. The molecule has 1 N–H and O–H groups in total. The highest BCUT2D eigenvalue weighted by Crippen LogP contribution is 2.38. The van der Waals surface area contributed by atoms with Crippen LogP contribution in [0, 0.1) is 0 Å². The van der Waals surface area contributed by atoms with Gasteiger partial charge in [-0.2, -0.15) is 0 Å². The second-order valence-electron chi connectivity index (χ2n) is 6.15. The molecule has 0 aromatic carbocycles. The number of aromatic nitrogens is 4. The average molecular weight is 364 g/mol. The van der Waals surface area contributed by atoms with Gasteiger partial charge in [0.05, 0.1) is 10.8 Å². The van der Waals surface area contributed by atoms with Crippen LogP contribution in [0.25, 0.3) is 20.4 Å². The number of aryl methyl sites for hydroxylation is 1. The summed E-state index contributed by atoms with van der Waals surface area (Å²) in [5, 5.41) is 23.0. The van der Waals surface area contributed by atoms with Crippen molar-refractivity contribution in [2.24, 2.45) is 0 Å². The van der Waals surface area contributed by atoms with E-state index >= 15 is 0 Å². The topological polar surface area (TPSA) is 75.0 Å². The Balaban J connectivity index is 1.88. The van der Waals surface area contributed by atoms with Gasteiger partial charge in [0.15, 0.2) is 5.15 Å². The van der Waals surface area contributed by atoms with E-state index in [1.807, 2.05) is 0 Å². The fourth-order valence-corrected chi connectivity index (χ4v) is 4.52. The number of hydrogen-bond acceptors (Lipinski definition) is 7. The Bertz CT molecular complexity index is 891. The number of anilines is 1. The monoisotopic (exact) mass is 363 g/mol. The van der Waals surface area contributed by atoms with Crippen molar-refractivity contribution in [2.75, 3.05) is 18.0 Å². The van der Waals surface area contributed by atoms with Crippen LogP contribution in [-0.4, -0.2) is 44.7 Å². The van der Waals surface area contributed by atoms with Crippen molar-refractivity contribution in [3.8, 4) is 0 Å². The summed E-state index contributed by atoms with van der Waals surface area (Å²) in [4.78, 5) is 8.04. The first-order chi connectivity index (χ1) is 11.7. The van der Waals surface area contributed by atoms with E-state index in [-0.39, 0.29) is 6.10 Å². The highest BCUT2D eigenvalue weighted by Gasteiger charge is 2.21. The normalized spacial score (nSPS) is 16.4. The number of aliphatic hydroxyl groups is 1. The Labute approximate surface area is 148 Å². The van der Waals surface area contributed by atoms with E-state index < -0.39 is 0 Å². The molecule has 4 heterocycles. The molecule has 8 heteroatoms. The Morgan fingerprint density at radius 2 is 2.12 bits per heavy atom. The Kier molecular flexibility index (Phi) is 4.24. The first-order valence-corrected chi connectivity index (χ1v) is 9.40. The van der Waals surface area contributed by atoms with E-state index in [2.05, 4.69) is 33.3 Å². The minimum Gasteiger partial charge on any atom is -0.393 e. The summed E-state index contributed by atoms with van der Waals surface area (Å²) in [7, 11) is 0. The van der Waals surface area contributed by atoms with Gasteiger partial charge in [0.25, 0.3) is 0 Å². The van der Waals surface area contributed by atoms with Crippen LogP contribution >= 0.6 is 22.9 Å². The Morgan fingerprint density at radius 3 is 2.88 bits per heavy atom. The Morgan fingerprint density at radius 1 is 1.33 bits per heavy atom. The van der Waals surface area contributed by atoms with Crippen molar-refractivity contribution in [3.63, 3.8) is 0 Å². The minimum atomic E-state index is -0.190. The van der Waals surface area contributed by atoms with Crippen molar-refractivity contribution in [2.45, 2.75) is 38.7 Å². The quantitative estimate of drug-likeness (QED) is 0.770. The number of nitrogens with zero attached hydrogens (tertiary/aromatic N) is 5. The zero-order valence-electron chi connectivity index (χ0n) is 13.4. The third kappa shape index (κ3) is 2.70. The van der Waals surface area contributed by atoms with Crippen LogP contribution in [0.1, 0.15) is 31.7 Å². The molecule has 24 heavy (non-hydrogen) atoms. The van der Waals surface area contributed by atoms with Gasteiger partial charge in [-0.05, 0) is 36.1 Å². The highest BCUT2D eigenvalue weighted by atomic mass is 35.5. The summed E-state index contributed by atoms with van der Waals surface area (Å²) >= 11 is 7.72. The molecule has 1 fully saturated rings. The molecule has 0 radical (unpaired) electrons. The van der Waals surface area contributed by atoms with Gasteiger partial charge in [0.2, 0.25) is 0 Å². The fourth-order valence-electron chi connectivity index (χ4n) is 3.25. The van der Waals surface area contributed by atoms with E-state index in [1.165, 1.54) is 16.9 Å². The van der Waals surface area contributed by atoms with Crippen LogP contribution in [0.3, 0.4) is 0 Å². The van der Waals surface area contributed by atoms with Gasteiger partial charge in [-0.15, -0.1) is 21.5 Å². The molecule has 0 bridgehead atoms. The number of hydrogen-bond donors (Lipinski definition) is 1. The highest BCUT2D eigenvalue weighted by molar-refractivity contribution is 7.26. The van der Waals surface area contributed by atoms with Crippen molar-refractivity contribution in [1.29, 1.82) is 0 Å². The first-order valence-electron chi connectivity index (χ1n) is 8.21. The molecule has 1 aliphatic rings. The zero-order valence-corrected chi connectivity index (χ0v) is 14.9. The predicted molar refractivity (Wildman–Crippen MR) is 97.0 cm³/mol. The second kappa shape index (κ2) is 6.38. The number of aliphatic hydroxyl groups excluding tert-OH is 1. The summed E-state index contributed by atoms with van der Waals surface area (Å²) in [5.74, 6) is 0.974. The smallest absolute Gasteiger partial charge is 0.172 e. The molecule has 0 amide bonds. The van der Waals surface area contributed by atoms with Crippen LogP contribution in [0.5, 0.6) is 0 Å². The van der Waals surface area contributed by atoms with Crippen LogP contribution in [-0.2, 0) is 6.42 Å². The maximum atomic E-state index is 9.73. The first kappa shape index (κ1) is 15.9. The molecule has 1 saturated heterocycles. The fraction of sp³-hybridized carbons (Fsp3) is 0.500. The van der Waals surface area contributed by atoms with Crippen molar-refractivity contribution >= 4 is 49.2 Å². The van der Waals surface area contributed by atoms with Crippen LogP contribution < -0.4 is 4.90 Å². The van der Waals surface area contributed by atoms with Gasteiger partial charge in [-0.1, -0.05) is 24.9 Å². The summed E-state index contributed by atoms with van der Waals surface area (Å²) in [6.07, 6.45) is 3.38. The van der Waals surface area contributed by atoms with E-state index in [0.717, 1.165) is 65.0 Å². The number of fused-ring (bicyclic) bond motifs is 3.